The lowest BCUT2D eigenvalue weighted by molar-refractivity contribution is -0.116. The average Bonchev–Trinajstić information content (AvgIpc) is 3.22. The van der Waals surface area contributed by atoms with Crippen molar-refractivity contribution in [2.45, 2.75) is 38.6 Å². The maximum absolute atomic E-state index is 13.0. The highest BCUT2D eigenvalue weighted by molar-refractivity contribution is 6.11. The molecule has 1 aliphatic rings. The summed E-state index contributed by atoms with van der Waals surface area (Å²) in [5, 5.41) is 7.17. The van der Waals surface area contributed by atoms with E-state index in [0.717, 1.165) is 37.1 Å². The smallest absolute Gasteiger partial charge is 0.356 e. The van der Waals surface area contributed by atoms with E-state index in [1.165, 1.54) is 7.11 Å². The monoisotopic (exact) mass is 490 g/mol. The SMILES string of the molecule is COCCn1c(C(=O)OC)c(NC(=O)CCc2ccccc2)c2cc(NCC3CC=CCC3)cnc21. The summed E-state index contributed by atoms with van der Waals surface area (Å²) < 4.78 is 12.1. The van der Waals surface area contributed by atoms with Gasteiger partial charge in [0, 0.05) is 32.0 Å². The Morgan fingerprint density at radius 2 is 2.00 bits per heavy atom. The van der Waals surface area contributed by atoms with Gasteiger partial charge in [0.2, 0.25) is 5.91 Å². The Hall–Kier alpha value is -3.65. The van der Waals surface area contributed by atoms with Crippen molar-refractivity contribution < 1.29 is 19.1 Å². The summed E-state index contributed by atoms with van der Waals surface area (Å²) in [5.74, 6) is -0.145. The zero-order valence-corrected chi connectivity index (χ0v) is 21.0. The van der Waals surface area contributed by atoms with Crippen molar-refractivity contribution in [1.82, 2.24) is 9.55 Å². The predicted octanol–water partition coefficient (Wildman–Crippen LogP) is 4.81. The molecule has 0 bridgehead atoms. The van der Waals surface area contributed by atoms with E-state index in [0.29, 0.717) is 42.2 Å². The van der Waals surface area contributed by atoms with E-state index in [-0.39, 0.29) is 18.0 Å². The number of rotatable bonds is 11. The number of esters is 1. The van der Waals surface area contributed by atoms with Gasteiger partial charge in [0.1, 0.15) is 5.65 Å². The number of methoxy groups -OCH3 is 2. The number of aryl methyl sites for hydroxylation is 1. The van der Waals surface area contributed by atoms with Gasteiger partial charge in [-0.3, -0.25) is 4.79 Å². The molecule has 1 amide bonds. The number of nitrogens with one attached hydrogen (secondary N) is 2. The van der Waals surface area contributed by atoms with Crippen LogP contribution in [-0.2, 0) is 27.2 Å². The van der Waals surface area contributed by atoms with E-state index in [4.69, 9.17) is 9.47 Å². The van der Waals surface area contributed by atoms with E-state index < -0.39 is 5.97 Å². The minimum Gasteiger partial charge on any atom is -0.464 e. The Morgan fingerprint density at radius 1 is 1.17 bits per heavy atom. The summed E-state index contributed by atoms with van der Waals surface area (Å²) in [7, 11) is 2.94. The maximum atomic E-state index is 13.0. The maximum Gasteiger partial charge on any atom is 0.356 e. The van der Waals surface area contributed by atoms with Gasteiger partial charge in [0.15, 0.2) is 5.69 Å². The largest absolute Gasteiger partial charge is 0.464 e. The third-order valence-electron chi connectivity index (χ3n) is 6.52. The Morgan fingerprint density at radius 3 is 2.72 bits per heavy atom. The third kappa shape index (κ3) is 6.12. The number of amides is 1. The Balaban J connectivity index is 1.64. The molecule has 2 heterocycles. The first-order valence-corrected chi connectivity index (χ1v) is 12.4. The molecule has 190 valence electrons. The first-order chi connectivity index (χ1) is 17.6. The van der Waals surface area contributed by atoms with Crippen molar-refractivity contribution in [2.24, 2.45) is 5.92 Å². The highest BCUT2D eigenvalue weighted by Crippen LogP contribution is 2.33. The fraction of sp³-hybridized carbons (Fsp3) is 0.393. The Labute approximate surface area is 211 Å². The number of carbonyl (C=O) groups is 2. The topological polar surface area (TPSA) is 94.5 Å². The minimum absolute atomic E-state index is 0.179. The number of benzene rings is 1. The van der Waals surface area contributed by atoms with Crippen LogP contribution in [0.2, 0.25) is 0 Å². The number of hydrogen-bond donors (Lipinski definition) is 2. The number of aromatic nitrogens is 2. The highest BCUT2D eigenvalue weighted by Gasteiger charge is 2.26. The first kappa shape index (κ1) is 25.4. The van der Waals surface area contributed by atoms with E-state index >= 15 is 0 Å². The molecule has 1 aromatic carbocycles. The molecule has 3 aromatic rings. The molecule has 0 saturated heterocycles. The zero-order valence-electron chi connectivity index (χ0n) is 21.0. The van der Waals surface area contributed by atoms with Gasteiger partial charge in [0.25, 0.3) is 0 Å². The molecule has 36 heavy (non-hydrogen) atoms. The van der Waals surface area contributed by atoms with Gasteiger partial charge >= 0.3 is 5.97 Å². The highest BCUT2D eigenvalue weighted by atomic mass is 16.5. The number of carbonyl (C=O) groups excluding carboxylic acids is 2. The number of ether oxygens (including phenoxy) is 2. The normalized spacial score (nSPS) is 15.1. The van der Waals surface area contributed by atoms with Crippen molar-refractivity contribution in [3.8, 4) is 0 Å². The summed E-state index contributed by atoms with van der Waals surface area (Å²) >= 11 is 0. The van der Waals surface area contributed by atoms with E-state index in [9.17, 15) is 9.59 Å². The van der Waals surface area contributed by atoms with Gasteiger partial charge in [-0.2, -0.15) is 0 Å². The van der Waals surface area contributed by atoms with Crippen molar-refractivity contribution >= 4 is 34.3 Å². The number of nitrogens with zero attached hydrogens (tertiary/aromatic N) is 2. The number of anilines is 2. The summed E-state index contributed by atoms with van der Waals surface area (Å²) in [4.78, 5) is 30.5. The summed E-state index contributed by atoms with van der Waals surface area (Å²) in [5.41, 5.74) is 3.20. The van der Waals surface area contributed by atoms with Crippen molar-refractivity contribution in [2.75, 3.05) is 38.0 Å². The average molecular weight is 491 g/mol. The molecule has 0 radical (unpaired) electrons. The predicted molar refractivity (Wildman–Crippen MR) is 141 cm³/mol. The van der Waals surface area contributed by atoms with Crippen LogP contribution in [0.15, 0.2) is 54.7 Å². The van der Waals surface area contributed by atoms with Crippen molar-refractivity contribution in [3.05, 3.63) is 66.0 Å². The van der Waals surface area contributed by atoms with Crippen LogP contribution in [-0.4, -0.2) is 48.8 Å². The van der Waals surface area contributed by atoms with Gasteiger partial charge in [-0.1, -0.05) is 42.5 Å². The molecule has 1 atom stereocenters. The van der Waals surface area contributed by atoms with E-state index in [1.54, 1.807) is 17.9 Å². The molecule has 0 spiro atoms. The number of allylic oxidation sites excluding steroid dienone is 2. The van der Waals surface area contributed by atoms with Crippen LogP contribution in [0, 0.1) is 5.92 Å². The second-order valence-electron chi connectivity index (χ2n) is 9.02. The van der Waals surface area contributed by atoms with Gasteiger partial charge in [0.05, 0.1) is 31.3 Å². The first-order valence-electron chi connectivity index (χ1n) is 12.4. The summed E-state index contributed by atoms with van der Waals surface area (Å²) in [6.45, 7) is 1.61. The fourth-order valence-corrected chi connectivity index (χ4v) is 4.57. The summed E-state index contributed by atoms with van der Waals surface area (Å²) in [6.07, 6.45) is 10.4. The molecule has 0 aliphatic heterocycles. The number of hydrogen-bond acceptors (Lipinski definition) is 6. The molecule has 8 heteroatoms. The van der Waals surface area contributed by atoms with Crippen LogP contribution < -0.4 is 10.6 Å². The molecule has 2 N–H and O–H groups in total. The zero-order chi connectivity index (χ0) is 25.3. The standard InChI is InChI=1S/C28H34N4O4/c1-35-16-15-32-26(28(34)36-2)25(31-24(33)14-13-20-9-5-3-6-10-20)23-17-22(19-30-27(23)32)29-18-21-11-7-4-8-12-21/h3-7,9-10,17,19,21,29H,8,11-16,18H2,1-2H3,(H,31,33). The van der Waals surface area contributed by atoms with Gasteiger partial charge < -0.3 is 24.7 Å². The van der Waals surface area contributed by atoms with Crippen LogP contribution in [0.1, 0.15) is 41.7 Å². The molecule has 1 unspecified atom stereocenters. The molecular weight excluding hydrogens is 456 g/mol. The Kier molecular flexibility index (Phi) is 8.73. The Bertz CT molecular complexity index is 1220. The fourth-order valence-electron chi connectivity index (χ4n) is 4.57. The third-order valence-corrected chi connectivity index (χ3v) is 6.52. The van der Waals surface area contributed by atoms with E-state index in [2.05, 4.69) is 27.8 Å². The van der Waals surface area contributed by atoms with Crippen molar-refractivity contribution in [3.63, 3.8) is 0 Å². The van der Waals surface area contributed by atoms with Gasteiger partial charge in [-0.15, -0.1) is 0 Å². The van der Waals surface area contributed by atoms with Crippen molar-refractivity contribution in [1.29, 1.82) is 0 Å². The van der Waals surface area contributed by atoms with Crippen LogP contribution in [0.3, 0.4) is 0 Å². The molecular formula is C28H34N4O4. The lowest BCUT2D eigenvalue weighted by Gasteiger charge is -2.18. The van der Waals surface area contributed by atoms with Crippen LogP contribution in [0.5, 0.6) is 0 Å². The lowest BCUT2D eigenvalue weighted by atomic mass is 9.94. The van der Waals surface area contributed by atoms with E-state index in [1.807, 2.05) is 36.4 Å². The second kappa shape index (κ2) is 12.4. The van der Waals surface area contributed by atoms with Gasteiger partial charge in [-0.05, 0) is 43.2 Å². The quantitative estimate of drug-likeness (QED) is 0.296. The summed E-state index contributed by atoms with van der Waals surface area (Å²) in [6, 6.07) is 11.8. The molecule has 2 aromatic heterocycles. The van der Waals surface area contributed by atoms with Gasteiger partial charge in [-0.25, -0.2) is 9.78 Å². The van der Waals surface area contributed by atoms with Crippen LogP contribution in [0.25, 0.3) is 11.0 Å². The van der Waals surface area contributed by atoms with Crippen LogP contribution in [0.4, 0.5) is 11.4 Å². The minimum atomic E-state index is -0.536. The molecule has 1 aliphatic carbocycles. The molecule has 0 saturated carbocycles. The number of pyridine rings is 1. The molecule has 4 rings (SSSR count). The number of fused-ring (bicyclic) bond motifs is 1. The van der Waals surface area contributed by atoms with Crippen LogP contribution >= 0.6 is 0 Å². The second-order valence-corrected chi connectivity index (χ2v) is 9.02. The molecule has 8 nitrogen and oxygen atoms in total. The molecule has 0 fully saturated rings. The lowest BCUT2D eigenvalue weighted by Crippen LogP contribution is -2.18.